The van der Waals surface area contributed by atoms with Crippen molar-refractivity contribution in [2.75, 3.05) is 23.7 Å². The van der Waals surface area contributed by atoms with Gasteiger partial charge < -0.3 is 14.4 Å². The second-order valence-electron chi connectivity index (χ2n) is 7.48. The molecule has 1 aromatic heterocycles. The highest BCUT2D eigenvalue weighted by molar-refractivity contribution is 7.99. The Hall–Kier alpha value is -2.35. The molecule has 154 valence electrons. The Balaban J connectivity index is 1.41. The molecule has 2 aliphatic heterocycles. The van der Waals surface area contributed by atoms with Crippen molar-refractivity contribution in [3.63, 3.8) is 0 Å². The molecule has 1 saturated heterocycles. The SMILES string of the molecule is CCn1c(CN2CCCCCC2=O)nnc1SCC(=O)N1CCc2ccccc21. The van der Waals surface area contributed by atoms with Gasteiger partial charge in [0, 0.05) is 31.7 Å². The zero-order valence-corrected chi connectivity index (χ0v) is 17.7. The van der Waals surface area contributed by atoms with E-state index in [2.05, 4.69) is 16.3 Å². The van der Waals surface area contributed by atoms with Crippen LogP contribution in [0.5, 0.6) is 0 Å². The van der Waals surface area contributed by atoms with Crippen LogP contribution in [-0.2, 0) is 29.1 Å². The summed E-state index contributed by atoms with van der Waals surface area (Å²) >= 11 is 1.42. The van der Waals surface area contributed by atoms with Gasteiger partial charge in [0.15, 0.2) is 11.0 Å². The Bertz CT molecular complexity index is 897. The van der Waals surface area contributed by atoms with E-state index in [-0.39, 0.29) is 11.8 Å². The number of carbonyl (C=O) groups is 2. The molecule has 0 saturated carbocycles. The van der Waals surface area contributed by atoms with Gasteiger partial charge in [0.05, 0.1) is 12.3 Å². The number of carbonyl (C=O) groups excluding carboxylic acids is 2. The van der Waals surface area contributed by atoms with Crippen molar-refractivity contribution in [1.29, 1.82) is 0 Å². The first-order chi connectivity index (χ1) is 14.2. The first-order valence-electron chi connectivity index (χ1n) is 10.4. The van der Waals surface area contributed by atoms with Crippen molar-refractivity contribution < 1.29 is 9.59 Å². The summed E-state index contributed by atoms with van der Waals surface area (Å²) in [4.78, 5) is 28.8. The predicted molar refractivity (Wildman–Crippen MR) is 113 cm³/mol. The Morgan fingerprint density at radius 1 is 1.10 bits per heavy atom. The van der Waals surface area contributed by atoms with Gasteiger partial charge in [-0.1, -0.05) is 36.4 Å². The summed E-state index contributed by atoms with van der Waals surface area (Å²) < 4.78 is 2.02. The molecule has 7 nitrogen and oxygen atoms in total. The number of hydrogen-bond donors (Lipinski definition) is 0. The zero-order valence-electron chi connectivity index (χ0n) is 16.8. The molecule has 0 aliphatic carbocycles. The number of likely N-dealkylation sites (tertiary alicyclic amines) is 1. The summed E-state index contributed by atoms with van der Waals surface area (Å²) in [5.41, 5.74) is 2.25. The summed E-state index contributed by atoms with van der Waals surface area (Å²) in [6.07, 6.45) is 4.64. The van der Waals surface area contributed by atoms with Gasteiger partial charge in [0.2, 0.25) is 11.8 Å². The van der Waals surface area contributed by atoms with E-state index in [4.69, 9.17) is 0 Å². The van der Waals surface area contributed by atoms with E-state index in [0.717, 1.165) is 55.4 Å². The molecule has 1 aromatic carbocycles. The molecule has 2 aliphatic rings. The number of fused-ring (bicyclic) bond motifs is 1. The molecule has 3 heterocycles. The number of hydrogen-bond acceptors (Lipinski definition) is 5. The van der Waals surface area contributed by atoms with Crippen LogP contribution >= 0.6 is 11.8 Å². The molecule has 29 heavy (non-hydrogen) atoms. The number of thioether (sulfide) groups is 1. The van der Waals surface area contributed by atoms with Gasteiger partial charge in [0.25, 0.3) is 0 Å². The van der Waals surface area contributed by atoms with E-state index in [0.29, 0.717) is 25.3 Å². The standard InChI is InChI=1S/C21H27N5O2S/c1-2-25-18(14-24-12-7-3-4-10-19(24)27)22-23-21(25)29-15-20(28)26-13-11-16-8-5-6-9-17(16)26/h5-6,8-9H,2-4,7,10-15H2,1H3. The minimum Gasteiger partial charge on any atom is -0.335 e. The third-order valence-electron chi connectivity index (χ3n) is 5.63. The van der Waals surface area contributed by atoms with Gasteiger partial charge in [-0.3, -0.25) is 9.59 Å². The van der Waals surface area contributed by atoms with Gasteiger partial charge in [-0.2, -0.15) is 0 Å². The van der Waals surface area contributed by atoms with Crippen LogP contribution in [0.25, 0.3) is 0 Å². The average Bonchev–Trinajstić information content (AvgIpc) is 3.28. The monoisotopic (exact) mass is 413 g/mol. The maximum atomic E-state index is 12.8. The molecular formula is C21H27N5O2S. The summed E-state index contributed by atoms with van der Waals surface area (Å²) in [5, 5.41) is 9.38. The Morgan fingerprint density at radius 2 is 1.97 bits per heavy atom. The lowest BCUT2D eigenvalue weighted by Gasteiger charge is -2.20. The van der Waals surface area contributed by atoms with E-state index >= 15 is 0 Å². The highest BCUT2D eigenvalue weighted by atomic mass is 32.2. The van der Waals surface area contributed by atoms with Gasteiger partial charge in [-0.05, 0) is 37.8 Å². The fraction of sp³-hybridized carbons (Fsp3) is 0.524. The molecule has 2 amide bonds. The third-order valence-corrected chi connectivity index (χ3v) is 6.58. The number of benzene rings is 1. The number of para-hydroxylation sites is 1. The molecule has 0 unspecified atom stereocenters. The second-order valence-corrected chi connectivity index (χ2v) is 8.42. The van der Waals surface area contributed by atoms with Crippen LogP contribution < -0.4 is 4.90 Å². The van der Waals surface area contributed by atoms with Crippen molar-refractivity contribution in [2.45, 2.75) is 57.3 Å². The maximum absolute atomic E-state index is 12.8. The summed E-state index contributed by atoms with van der Waals surface area (Å²) in [5.74, 6) is 1.42. The Morgan fingerprint density at radius 3 is 2.83 bits per heavy atom. The van der Waals surface area contributed by atoms with Crippen molar-refractivity contribution in [1.82, 2.24) is 19.7 Å². The molecule has 0 radical (unpaired) electrons. The van der Waals surface area contributed by atoms with Crippen LogP contribution in [0.2, 0.25) is 0 Å². The van der Waals surface area contributed by atoms with Crippen molar-refractivity contribution in [3.8, 4) is 0 Å². The van der Waals surface area contributed by atoms with Gasteiger partial charge in [-0.25, -0.2) is 0 Å². The molecule has 1 fully saturated rings. The zero-order chi connectivity index (χ0) is 20.2. The Kier molecular flexibility index (Phi) is 6.18. The lowest BCUT2D eigenvalue weighted by molar-refractivity contribution is -0.131. The lowest BCUT2D eigenvalue weighted by atomic mass is 10.2. The van der Waals surface area contributed by atoms with Crippen molar-refractivity contribution in [2.24, 2.45) is 0 Å². The first-order valence-corrected chi connectivity index (χ1v) is 11.4. The van der Waals surface area contributed by atoms with Crippen LogP contribution in [0.15, 0.2) is 29.4 Å². The molecule has 0 atom stereocenters. The lowest BCUT2D eigenvalue weighted by Crippen LogP contribution is -2.31. The third kappa shape index (κ3) is 4.32. The second kappa shape index (κ2) is 8.98. The molecule has 0 bridgehead atoms. The largest absolute Gasteiger partial charge is 0.335 e. The maximum Gasteiger partial charge on any atom is 0.237 e. The van der Waals surface area contributed by atoms with Crippen LogP contribution in [0.3, 0.4) is 0 Å². The first kappa shape index (κ1) is 19.9. The average molecular weight is 414 g/mol. The minimum atomic E-state index is 0.0925. The van der Waals surface area contributed by atoms with E-state index in [1.807, 2.05) is 39.5 Å². The smallest absolute Gasteiger partial charge is 0.237 e. The summed E-state index contributed by atoms with van der Waals surface area (Å²) in [6, 6.07) is 8.08. The van der Waals surface area contributed by atoms with Gasteiger partial charge >= 0.3 is 0 Å². The summed E-state index contributed by atoms with van der Waals surface area (Å²) in [6.45, 7) is 4.77. The normalized spacial score (nSPS) is 16.8. The molecule has 0 N–H and O–H groups in total. The summed E-state index contributed by atoms with van der Waals surface area (Å²) in [7, 11) is 0. The molecule has 8 heteroatoms. The number of nitrogens with zero attached hydrogens (tertiary/aromatic N) is 5. The highest BCUT2D eigenvalue weighted by Gasteiger charge is 2.25. The van der Waals surface area contributed by atoms with E-state index < -0.39 is 0 Å². The van der Waals surface area contributed by atoms with E-state index in [1.165, 1.54) is 17.3 Å². The fourth-order valence-electron chi connectivity index (χ4n) is 4.04. The topological polar surface area (TPSA) is 71.3 Å². The molecule has 0 spiro atoms. The van der Waals surface area contributed by atoms with E-state index in [9.17, 15) is 9.59 Å². The molecule has 2 aromatic rings. The Labute approximate surface area is 175 Å². The minimum absolute atomic E-state index is 0.0925. The highest BCUT2D eigenvalue weighted by Crippen LogP contribution is 2.29. The number of anilines is 1. The van der Waals surface area contributed by atoms with Crippen LogP contribution in [0.1, 0.15) is 44.0 Å². The van der Waals surface area contributed by atoms with Crippen molar-refractivity contribution >= 4 is 29.3 Å². The predicted octanol–water partition coefficient (Wildman–Crippen LogP) is 2.88. The molecule has 4 rings (SSSR count). The number of aromatic nitrogens is 3. The number of amides is 2. The van der Waals surface area contributed by atoms with Gasteiger partial charge in [0.1, 0.15) is 0 Å². The molecular weight excluding hydrogens is 386 g/mol. The van der Waals surface area contributed by atoms with E-state index in [1.54, 1.807) is 0 Å². The number of rotatable bonds is 6. The van der Waals surface area contributed by atoms with Crippen LogP contribution in [0, 0.1) is 0 Å². The van der Waals surface area contributed by atoms with Crippen molar-refractivity contribution in [3.05, 3.63) is 35.7 Å². The van der Waals surface area contributed by atoms with Crippen LogP contribution in [0.4, 0.5) is 5.69 Å². The van der Waals surface area contributed by atoms with Crippen LogP contribution in [-0.4, -0.2) is 50.3 Å². The van der Waals surface area contributed by atoms with Gasteiger partial charge in [-0.15, -0.1) is 10.2 Å². The fourth-order valence-corrected chi connectivity index (χ4v) is 4.94. The quantitative estimate of drug-likeness (QED) is 0.681.